The molecule has 1 unspecified atom stereocenters. The molecule has 0 spiro atoms. The molecule has 3 N–H and O–H groups in total. The smallest absolute Gasteiger partial charge is 0.273 e. The number of carbonyl (C=O) groups excluding carboxylic acids is 2. The number of carbonyl (C=O) groups is 2. The van der Waals surface area contributed by atoms with Crippen LogP contribution in [0.4, 0.5) is 0 Å². The van der Waals surface area contributed by atoms with Crippen LogP contribution in [0.2, 0.25) is 5.02 Å². The summed E-state index contributed by atoms with van der Waals surface area (Å²) < 4.78 is 0. The van der Waals surface area contributed by atoms with Crippen LogP contribution < -0.4 is 10.9 Å². The number of hydrogen-bond acceptors (Lipinski definition) is 3. The second-order valence-corrected chi connectivity index (χ2v) is 5.62. The van der Waals surface area contributed by atoms with Crippen molar-refractivity contribution >= 4 is 23.4 Å². The Bertz CT molecular complexity index is 704. The highest BCUT2D eigenvalue weighted by Crippen LogP contribution is 2.21. The van der Waals surface area contributed by atoms with Crippen LogP contribution >= 0.6 is 11.6 Å². The Labute approximate surface area is 139 Å². The molecule has 0 aliphatic rings. The topological polar surface area (TPSA) is 78.4 Å². The third-order valence-electron chi connectivity index (χ3n) is 3.38. The first-order valence-corrected chi connectivity index (χ1v) is 7.48. The van der Waals surface area contributed by atoms with Gasteiger partial charge in [-0.15, -0.1) is 0 Å². The highest BCUT2D eigenvalue weighted by atomic mass is 35.5. The molecule has 0 fully saturated rings. The lowest BCUT2D eigenvalue weighted by Crippen LogP contribution is -2.42. The third kappa shape index (κ3) is 4.72. The minimum atomic E-state index is -0.634. The number of phenols is 1. The van der Waals surface area contributed by atoms with Gasteiger partial charge in [-0.25, -0.2) is 0 Å². The van der Waals surface area contributed by atoms with Gasteiger partial charge in [0.25, 0.3) is 5.91 Å². The van der Waals surface area contributed by atoms with Gasteiger partial charge in [-0.3, -0.25) is 20.4 Å². The Morgan fingerprint density at radius 1 is 1.13 bits per heavy atom. The first kappa shape index (κ1) is 16.8. The van der Waals surface area contributed by atoms with Crippen LogP contribution in [0.5, 0.6) is 5.75 Å². The molecule has 0 aliphatic heterocycles. The fourth-order valence-electron chi connectivity index (χ4n) is 2.11. The van der Waals surface area contributed by atoms with Gasteiger partial charge in [0.05, 0.1) is 5.56 Å². The van der Waals surface area contributed by atoms with Crippen LogP contribution in [-0.2, 0) is 4.79 Å². The van der Waals surface area contributed by atoms with Crippen molar-refractivity contribution in [1.82, 2.24) is 10.9 Å². The molecule has 6 heteroatoms. The molecule has 2 aromatic carbocycles. The van der Waals surface area contributed by atoms with Crippen molar-refractivity contribution in [3.8, 4) is 5.75 Å². The molecule has 0 radical (unpaired) electrons. The number of hydrazine groups is 1. The second kappa shape index (κ2) is 7.65. The van der Waals surface area contributed by atoms with Gasteiger partial charge in [0.1, 0.15) is 5.75 Å². The highest BCUT2D eigenvalue weighted by molar-refractivity contribution is 6.31. The molecule has 0 aliphatic carbocycles. The van der Waals surface area contributed by atoms with E-state index in [1.807, 2.05) is 37.3 Å². The summed E-state index contributed by atoms with van der Waals surface area (Å²) in [6, 6.07) is 13.7. The minimum Gasteiger partial charge on any atom is -0.507 e. The van der Waals surface area contributed by atoms with E-state index in [4.69, 9.17) is 11.6 Å². The molecule has 2 amide bonds. The van der Waals surface area contributed by atoms with E-state index in [9.17, 15) is 14.7 Å². The Morgan fingerprint density at radius 2 is 1.83 bits per heavy atom. The predicted molar refractivity (Wildman–Crippen MR) is 88.2 cm³/mol. The molecule has 0 heterocycles. The van der Waals surface area contributed by atoms with Crippen molar-refractivity contribution in [1.29, 1.82) is 0 Å². The maximum Gasteiger partial charge on any atom is 0.273 e. The number of benzene rings is 2. The van der Waals surface area contributed by atoms with Crippen LogP contribution in [0, 0.1) is 0 Å². The summed E-state index contributed by atoms with van der Waals surface area (Å²) in [4.78, 5) is 23.8. The Morgan fingerprint density at radius 3 is 2.52 bits per heavy atom. The van der Waals surface area contributed by atoms with Crippen LogP contribution in [0.3, 0.4) is 0 Å². The first-order chi connectivity index (χ1) is 11.0. The van der Waals surface area contributed by atoms with Crippen LogP contribution in [0.15, 0.2) is 48.5 Å². The van der Waals surface area contributed by atoms with E-state index < -0.39 is 5.91 Å². The first-order valence-electron chi connectivity index (χ1n) is 7.10. The van der Waals surface area contributed by atoms with Crippen LogP contribution in [0.25, 0.3) is 0 Å². The fraction of sp³-hybridized carbons (Fsp3) is 0.176. The van der Waals surface area contributed by atoms with Gasteiger partial charge in [0.2, 0.25) is 5.91 Å². The molecule has 5 nitrogen and oxygen atoms in total. The molecule has 120 valence electrons. The number of aromatic hydroxyl groups is 1. The van der Waals surface area contributed by atoms with Gasteiger partial charge >= 0.3 is 0 Å². The lowest BCUT2D eigenvalue weighted by molar-refractivity contribution is -0.122. The van der Waals surface area contributed by atoms with E-state index in [0.717, 1.165) is 5.56 Å². The van der Waals surface area contributed by atoms with Crippen molar-refractivity contribution in [3.63, 3.8) is 0 Å². The largest absolute Gasteiger partial charge is 0.507 e. The minimum absolute atomic E-state index is 0.00564. The van der Waals surface area contributed by atoms with Gasteiger partial charge < -0.3 is 5.11 Å². The predicted octanol–water partition coefficient (Wildman–Crippen LogP) is 3.00. The zero-order chi connectivity index (χ0) is 16.8. The Balaban J connectivity index is 1.89. The van der Waals surface area contributed by atoms with Gasteiger partial charge in [0, 0.05) is 11.4 Å². The lowest BCUT2D eigenvalue weighted by Gasteiger charge is -2.13. The van der Waals surface area contributed by atoms with Crippen molar-refractivity contribution in [3.05, 3.63) is 64.7 Å². The van der Waals surface area contributed by atoms with Gasteiger partial charge in [0.15, 0.2) is 0 Å². The van der Waals surface area contributed by atoms with Crippen molar-refractivity contribution < 1.29 is 14.7 Å². The maximum absolute atomic E-state index is 11.9. The standard InChI is InChI=1S/C17H17ClN2O3/c1-11(12-5-3-2-4-6-12)9-16(22)19-20-17(23)14-10-13(18)7-8-15(14)21/h2-8,10-11,21H,9H2,1H3,(H,19,22)(H,20,23). The summed E-state index contributed by atoms with van der Waals surface area (Å²) in [6.45, 7) is 1.93. The molecular formula is C17H17ClN2O3. The summed E-state index contributed by atoms with van der Waals surface area (Å²) in [5, 5.41) is 9.95. The normalized spacial score (nSPS) is 11.6. The summed E-state index contributed by atoms with van der Waals surface area (Å²) in [5.41, 5.74) is 5.64. The molecule has 1 atom stereocenters. The monoisotopic (exact) mass is 332 g/mol. The zero-order valence-corrected chi connectivity index (χ0v) is 13.3. The molecular weight excluding hydrogens is 316 g/mol. The molecule has 0 aromatic heterocycles. The van der Waals surface area contributed by atoms with Crippen LogP contribution in [-0.4, -0.2) is 16.9 Å². The molecule has 0 saturated carbocycles. The number of amides is 2. The molecule has 0 bridgehead atoms. The second-order valence-electron chi connectivity index (χ2n) is 5.18. The SMILES string of the molecule is CC(CC(=O)NNC(=O)c1cc(Cl)ccc1O)c1ccccc1. The third-order valence-corrected chi connectivity index (χ3v) is 3.61. The van der Waals surface area contributed by atoms with E-state index in [1.165, 1.54) is 18.2 Å². The maximum atomic E-state index is 11.9. The number of hydrogen-bond donors (Lipinski definition) is 3. The number of nitrogens with one attached hydrogen (secondary N) is 2. The average Bonchev–Trinajstić information content (AvgIpc) is 2.55. The Kier molecular flexibility index (Phi) is 5.60. The van der Waals surface area contributed by atoms with E-state index in [1.54, 1.807) is 0 Å². The number of phenolic OH excluding ortho intramolecular Hbond substituents is 1. The van der Waals surface area contributed by atoms with Gasteiger partial charge in [-0.1, -0.05) is 48.9 Å². The van der Waals surface area contributed by atoms with E-state index in [2.05, 4.69) is 10.9 Å². The van der Waals surface area contributed by atoms with Crippen molar-refractivity contribution in [2.75, 3.05) is 0 Å². The van der Waals surface area contributed by atoms with Crippen molar-refractivity contribution in [2.45, 2.75) is 19.3 Å². The summed E-state index contributed by atoms with van der Waals surface area (Å²) in [5.74, 6) is -1.14. The Hall–Kier alpha value is -2.53. The van der Waals surface area contributed by atoms with Gasteiger partial charge in [-0.05, 0) is 29.7 Å². The average molecular weight is 333 g/mol. The zero-order valence-electron chi connectivity index (χ0n) is 12.5. The number of halogens is 1. The highest BCUT2D eigenvalue weighted by Gasteiger charge is 2.14. The molecule has 0 saturated heterocycles. The van der Waals surface area contributed by atoms with E-state index in [-0.39, 0.29) is 29.6 Å². The molecule has 23 heavy (non-hydrogen) atoms. The summed E-state index contributed by atoms with van der Waals surface area (Å²) in [6.07, 6.45) is 0.228. The van der Waals surface area contributed by atoms with Crippen molar-refractivity contribution in [2.24, 2.45) is 0 Å². The van der Waals surface area contributed by atoms with E-state index >= 15 is 0 Å². The molecule has 2 aromatic rings. The number of rotatable bonds is 4. The van der Waals surface area contributed by atoms with E-state index in [0.29, 0.717) is 5.02 Å². The fourth-order valence-corrected chi connectivity index (χ4v) is 2.28. The summed E-state index contributed by atoms with van der Waals surface area (Å²) in [7, 11) is 0. The van der Waals surface area contributed by atoms with Gasteiger partial charge in [-0.2, -0.15) is 0 Å². The quantitative estimate of drug-likeness (QED) is 0.753. The lowest BCUT2D eigenvalue weighted by atomic mass is 9.98. The summed E-state index contributed by atoms with van der Waals surface area (Å²) >= 11 is 5.78. The molecule has 2 rings (SSSR count). The van der Waals surface area contributed by atoms with Crippen LogP contribution in [0.1, 0.15) is 35.2 Å².